The lowest BCUT2D eigenvalue weighted by Gasteiger charge is -2.17. The maximum Gasteiger partial charge on any atom is 0.224 e. The maximum absolute atomic E-state index is 11.6. The van der Waals surface area contributed by atoms with Crippen LogP contribution in [0.4, 0.5) is 0 Å². The third-order valence-electron chi connectivity index (χ3n) is 1.98. The average molecular weight is 227 g/mol. The van der Waals surface area contributed by atoms with Gasteiger partial charge >= 0.3 is 0 Å². The molecule has 0 saturated carbocycles. The second kappa shape index (κ2) is 5.23. The van der Waals surface area contributed by atoms with Gasteiger partial charge in [-0.2, -0.15) is 0 Å². The van der Waals surface area contributed by atoms with Gasteiger partial charge in [0.1, 0.15) is 0 Å². The van der Waals surface area contributed by atoms with E-state index < -0.39 is 0 Å². The average Bonchev–Trinajstić information content (AvgIpc) is 2.50. The normalized spacial score (nSPS) is 12.5. The van der Waals surface area contributed by atoms with Crippen molar-refractivity contribution >= 4 is 17.2 Å². The lowest BCUT2D eigenvalue weighted by Crippen LogP contribution is -2.31. The van der Waals surface area contributed by atoms with Gasteiger partial charge in [0.25, 0.3) is 0 Å². The molecule has 0 aromatic carbocycles. The molecule has 0 aliphatic heterocycles. The first kappa shape index (κ1) is 12.1. The van der Waals surface area contributed by atoms with Crippen LogP contribution >= 0.6 is 11.3 Å². The summed E-state index contributed by atoms with van der Waals surface area (Å²) in [7, 11) is 1.79. The minimum absolute atomic E-state index is 0.0797. The Kier molecular flexibility index (Phi) is 4.23. The van der Waals surface area contributed by atoms with Crippen LogP contribution in [0.15, 0.2) is 6.20 Å². The molecule has 15 heavy (non-hydrogen) atoms. The summed E-state index contributed by atoms with van der Waals surface area (Å²) >= 11 is 1.62. The number of rotatable bonds is 4. The van der Waals surface area contributed by atoms with Crippen LogP contribution in [0, 0.1) is 6.92 Å². The standard InChI is InChI=1S/C10H17N3OS/c1-7(11)4-10(14)13(3)6-9-5-12-8(2)15-9/h5,7H,4,6,11H2,1-3H3. The molecule has 1 aromatic heterocycles. The summed E-state index contributed by atoms with van der Waals surface area (Å²) in [6, 6.07) is -0.0804. The van der Waals surface area contributed by atoms with E-state index in [0.29, 0.717) is 13.0 Å². The topological polar surface area (TPSA) is 59.2 Å². The zero-order chi connectivity index (χ0) is 11.4. The van der Waals surface area contributed by atoms with Crippen LogP contribution in [0.5, 0.6) is 0 Å². The molecule has 0 spiro atoms. The summed E-state index contributed by atoms with van der Waals surface area (Å²) in [5.41, 5.74) is 5.57. The third kappa shape index (κ3) is 3.97. The van der Waals surface area contributed by atoms with E-state index in [0.717, 1.165) is 9.88 Å². The number of carbonyl (C=O) groups is 1. The molecule has 84 valence electrons. The van der Waals surface area contributed by atoms with Crippen LogP contribution < -0.4 is 5.73 Å². The molecule has 0 fully saturated rings. The Morgan fingerprint density at radius 1 is 1.73 bits per heavy atom. The third-order valence-corrected chi connectivity index (χ3v) is 2.88. The monoisotopic (exact) mass is 227 g/mol. The van der Waals surface area contributed by atoms with Gasteiger partial charge in [0.15, 0.2) is 0 Å². The number of nitrogens with zero attached hydrogens (tertiary/aromatic N) is 2. The van der Waals surface area contributed by atoms with Crippen LogP contribution in [0.25, 0.3) is 0 Å². The molecule has 1 aromatic rings. The van der Waals surface area contributed by atoms with Crippen molar-refractivity contribution in [3.63, 3.8) is 0 Å². The number of carbonyl (C=O) groups excluding carboxylic acids is 1. The fourth-order valence-corrected chi connectivity index (χ4v) is 2.08. The van der Waals surface area contributed by atoms with E-state index in [1.54, 1.807) is 23.3 Å². The Hall–Kier alpha value is -0.940. The van der Waals surface area contributed by atoms with Crippen molar-refractivity contribution in [3.8, 4) is 0 Å². The largest absolute Gasteiger partial charge is 0.341 e. The Balaban J connectivity index is 2.48. The molecule has 4 nitrogen and oxygen atoms in total. The minimum Gasteiger partial charge on any atom is -0.341 e. The first-order valence-electron chi connectivity index (χ1n) is 4.90. The van der Waals surface area contributed by atoms with Gasteiger partial charge in [-0.05, 0) is 13.8 Å². The fourth-order valence-electron chi connectivity index (χ4n) is 1.23. The summed E-state index contributed by atoms with van der Waals surface area (Å²) in [6.07, 6.45) is 2.21. The van der Waals surface area contributed by atoms with Gasteiger partial charge in [-0.25, -0.2) is 4.98 Å². The predicted octanol–water partition coefficient (Wildman–Crippen LogP) is 1.15. The van der Waals surface area contributed by atoms with E-state index in [2.05, 4.69) is 4.98 Å². The molecule has 2 N–H and O–H groups in total. The van der Waals surface area contributed by atoms with E-state index in [-0.39, 0.29) is 11.9 Å². The predicted molar refractivity (Wildman–Crippen MR) is 61.6 cm³/mol. The fraction of sp³-hybridized carbons (Fsp3) is 0.600. The summed E-state index contributed by atoms with van der Waals surface area (Å²) < 4.78 is 0. The maximum atomic E-state index is 11.6. The van der Waals surface area contributed by atoms with Crippen molar-refractivity contribution in [2.75, 3.05) is 7.05 Å². The number of aromatic nitrogens is 1. The number of aryl methyl sites for hydroxylation is 1. The van der Waals surface area contributed by atoms with Crippen LogP contribution in [0.3, 0.4) is 0 Å². The summed E-state index contributed by atoms with van der Waals surface area (Å²) in [4.78, 5) is 18.5. The SMILES string of the molecule is Cc1ncc(CN(C)C(=O)CC(C)N)s1. The number of nitrogens with two attached hydrogens (primary N) is 1. The molecule has 1 unspecified atom stereocenters. The van der Waals surface area contributed by atoms with Crippen molar-refractivity contribution in [3.05, 3.63) is 16.1 Å². The van der Waals surface area contributed by atoms with E-state index in [9.17, 15) is 4.79 Å². The zero-order valence-corrected chi connectivity index (χ0v) is 10.2. The molecule has 0 saturated heterocycles. The Labute approximate surface area is 94.1 Å². The highest BCUT2D eigenvalue weighted by molar-refractivity contribution is 7.11. The molecule has 1 amide bonds. The van der Waals surface area contributed by atoms with Crippen molar-refractivity contribution in [1.29, 1.82) is 0 Å². The second-order valence-electron chi connectivity index (χ2n) is 3.78. The van der Waals surface area contributed by atoms with Crippen molar-refractivity contribution < 1.29 is 4.79 Å². The smallest absolute Gasteiger partial charge is 0.224 e. The molecule has 0 bridgehead atoms. The summed E-state index contributed by atoms with van der Waals surface area (Å²) in [6.45, 7) is 4.41. The summed E-state index contributed by atoms with van der Waals surface area (Å²) in [5, 5.41) is 1.03. The van der Waals surface area contributed by atoms with Gasteiger partial charge in [0, 0.05) is 30.6 Å². The first-order valence-corrected chi connectivity index (χ1v) is 5.71. The van der Waals surface area contributed by atoms with Crippen molar-refractivity contribution in [2.45, 2.75) is 32.9 Å². The lowest BCUT2D eigenvalue weighted by atomic mass is 10.2. The van der Waals surface area contributed by atoms with Gasteiger partial charge in [-0.1, -0.05) is 0 Å². The zero-order valence-electron chi connectivity index (χ0n) is 9.36. The molecular formula is C10H17N3OS. The number of hydrogen-bond acceptors (Lipinski definition) is 4. The number of amides is 1. The van der Waals surface area contributed by atoms with Crippen LogP contribution in [-0.4, -0.2) is 28.9 Å². The molecule has 0 aliphatic rings. The highest BCUT2D eigenvalue weighted by atomic mass is 32.1. The highest BCUT2D eigenvalue weighted by Crippen LogP contribution is 2.13. The van der Waals surface area contributed by atoms with Crippen molar-refractivity contribution in [1.82, 2.24) is 9.88 Å². The van der Waals surface area contributed by atoms with E-state index in [1.165, 1.54) is 0 Å². The van der Waals surface area contributed by atoms with Gasteiger partial charge < -0.3 is 10.6 Å². The Bertz CT molecular complexity index is 335. The lowest BCUT2D eigenvalue weighted by molar-refractivity contribution is -0.130. The Morgan fingerprint density at radius 2 is 2.40 bits per heavy atom. The van der Waals surface area contributed by atoms with Crippen LogP contribution in [-0.2, 0) is 11.3 Å². The molecule has 1 heterocycles. The second-order valence-corrected chi connectivity index (χ2v) is 5.10. The minimum atomic E-state index is -0.0804. The van der Waals surface area contributed by atoms with E-state index >= 15 is 0 Å². The Morgan fingerprint density at radius 3 is 2.87 bits per heavy atom. The van der Waals surface area contributed by atoms with Crippen LogP contribution in [0.1, 0.15) is 23.2 Å². The van der Waals surface area contributed by atoms with Crippen molar-refractivity contribution in [2.24, 2.45) is 5.73 Å². The van der Waals surface area contributed by atoms with Gasteiger partial charge in [-0.15, -0.1) is 11.3 Å². The number of thiazole rings is 1. The molecular weight excluding hydrogens is 210 g/mol. The van der Waals surface area contributed by atoms with Crippen LogP contribution in [0.2, 0.25) is 0 Å². The molecule has 0 aliphatic carbocycles. The summed E-state index contributed by atoms with van der Waals surface area (Å²) in [5.74, 6) is 0.0797. The molecule has 1 rings (SSSR count). The molecule has 1 atom stereocenters. The quantitative estimate of drug-likeness (QED) is 0.839. The van der Waals surface area contributed by atoms with E-state index in [4.69, 9.17) is 5.73 Å². The highest BCUT2D eigenvalue weighted by Gasteiger charge is 2.12. The first-order chi connectivity index (χ1) is 6.99. The van der Waals surface area contributed by atoms with Gasteiger partial charge in [0.05, 0.1) is 11.6 Å². The van der Waals surface area contributed by atoms with Gasteiger partial charge in [0.2, 0.25) is 5.91 Å². The molecule has 5 heteroatoms. The van der Waals surface area contributed by atoms with Gasteiger partial charge in [-0.3, -0.25) is 4.79 Å². The molecule has 0 radical (unpaired) electrons. The number of hydrogen-bond donors (Lipinski definition) is 1. The van der Waals surface area contributed by atoms with E-state index in [1.807, 2.05) is 20.0 Å².